The second-order valence-corrected chi connectivity index (χ2v) is 4.42. The molecule has 104 valence electrons. The highest BCUT2D eigenvalue weighted by Gasteiger charge is 2.30. The average molecular weight is 259 g/mol. The van der Waals surface area contributed by atoms with Crippen LogP contribution in [0.5, 0.6) is 0 Å². The molecule has 6 nitrogen and oxygen atoms in total. The molecule has 0 aromatic rings. The summed E-state index contributed by atoms with van der Waals surface area (Å²) < 4.78 is 9.16. The molecule has 1 amide bonds. The van der Waals surface area contributed by atoms with E-state index >= 15 is 0 Å². The molecule has 0 aromatic carbocycles. The van der Waals surface area contributed by atoms with E-state index in [4.69, 9.17) is 0 Å². The summed E-state index contributed by atoms with van der Waals surface area (Å²) >= 11 is 0. The number of amides is 1. The van der Waals surface area contributed by atoms with Gasteiger partial charge in [0.1, 0.15) is 6.04 Å². The van der Waals surface area contributed by atoms with E-state index in [0.29, 0.717) is 0 Å². The molecule has 6 heteroatoms. The van der Waals surface area contributed by atoms with Crippen molar-refractivity contribution in [3.05, 3.63) is 0 Å². The lowest BCUT2D eigenvalue weighted by Crippen LogP contribution is -2.47. The Morgan fingerprint density at radius 2 is 1.61 bits per heavy atom. The van der Waals surface area contributed by atoms with Gasteiger partial charge in [-0.1, -0.05) is 20.8 Å². The maximum atomic E-state index is 11.6. The normalized spacial score (nSPS) is 13.7. The molecule has 0 aromatic heterocycles. The highest BCUT2D eigenvalue weighted by molar-refractivity contribution is 5.86. The summed E-state index contributed by atoms with van der Waals surface area (Å²) in [6.45, 7) is 5.11. The Morgan fingerprint density at radius 1 is 1.06 bits per heavy atom. The number of ether oxygens (including phenoxy) is 2. The highest BCUT2D eigenvalue weighted by Crippen LogP contribution is 2.11. The first-order valence-corrected chi connectivity index (χ1v) is 5.78. The number of hydrogen-bond acceptors (Lipinski definition) is 5. The quantitative estimate of drug-likeness (QED) is 0.702. The van der Waals surface area contributed by atoms with E-state index in [1.54, 1.807) is 20.8 Å². The van der Waals surface area contributed by atoms with E-state index in [1.165, 1.54) is 14.2 Å². The summed E-state index contributed by atoms with van der Waals surface area (Å²) in [6.07, 6.45) is 0.0364. The summed E-state index contributed by atoms with van der Waals surface area (Å²) in [5.41, 5.74) is 0. The second-order valence-electron chi connectivity index (χ2n) is 4.42. The van der Waals surface area contributed by atoms with Crippen molar-refractivity contribution in [1.82, 2.24) is 5.32 Å². The van der Waals surface area contributed by atoms with Gasteiger partial charge in [-0.3, -0.25) is 9.59 Å². The number of carbonyl (C=O) groups is 3. The Kier molecular flexibility index (Phi) is 7.00. The molecular weight excluding hydrogens is 238 g/mol. The lowest BCUT2D eigenvalue weighted by molar-refractivity contribution is -0.148. The molecule has 0 radical (unpaired) electrons. The van der Waals surface area contributed by atoms with E-state index in [1.807, 2.05) is 0 Å². The van der Waals surface area contributed by atoms with Crippen LogP contribution in [0.4, 0.5) is 0 Å². The molecule has 0 fully saturated rings. The zero-order chi connectivity index (χ0) is 14.3. The fourth-order valence-corrected chi connectivity index (χ4v) is 1.34. The lowest BCUT2D eigenvalue weighted by Gasteiger charge is -2.23. The number of esters is 2. The third-order valence-corrected chi connectivity index (χ3v) is 2.56. The molecule has 0 saturated heterocycles. The predicted molar refractivity (Wildman–Crippen MR) is 64.6 cm³/mol. The Hall–Kier alpha value is -1.59. The third kappa shape index (κ3) is 5.16. The maximum absolute atomic E-state index is 11.6. The Morgan fingerprint density at radius 3 is 2.00 bits per heavy atom. The van der Waals surface area contributed by atoms with Crippen molar-refractivity contribution >= 4 is 17.8 Å². The first kappa shape index (κ1) is 16.4. The molecule has 0 saturated carbocycles. The van der Waals surface area contributed by atoms with E-state index in [2.05, 4.69) is 14.8 Å². The smallest absolute Gasteiger partial charge is 0.328 e. The van der Waals surface area contributed by atoms with E-state index in [9.17, 15) is 14.4 Å². The molecule has 0 aliphatic heterocycles. The maximum Gasteiger partial charge on any atom is 0.328 e. The van der Waals surface area contributed by atoms with E-state index in [-0.39, 0.29) is 18.2 Å². The van der Waals surface area contributed by atoms with Gasteiger partial charge >= 0.3 is 11.9 Å². The minimum atomic E-state index is -0.844. The van der Waals surface area contributed by atoms with Gasteiger partial charge in [-0.25, -0.2) is 4.79 Å². The van der Waals surface area contributed by atoms with Crippen LogP contribution in [-0.4, -0.2) is 38.1 Å². The zero-order valence-electron chi connectivity index (χ0n) is 11.5. The van der Waals surface area contributed by atoms with Crippen LogP contribution < -0.4 is 5.32 Å². The third-order valence-electron chi connectivity index (χ3n) is 2.56. The first-order valence-electron chi connectivity index (χ1n) is 5.78. The molecule has 18 heavy (non-hydrogen) atoms. The van der Waals surface area contributed by atoms with Crippen molar-refractivity contribution in [2.45, 2.75) is 33.2 Å². The van der Waals surface area contributed by atoms with Crippen molar-refractivity contribution in [2.24, 2.45) is 11.8 Å². The van der Waals surface area contributed by atoms with Crippen LogP contribution in [0.1, 0.15) is 27.2 Å². The van der Waals surface area contributed by atoms with Gasteiger partial charge in [-0.2, -0.15) is 0 Å². The van der Waals surface area contributed by atoms with Crippen molar-refractivity contribution in [1.29, 1.82) is 0 Å². The number of hydrogen-bond donors (Lipinski definition) is 1. The summed E-state index contributed by atoms with van der Waals surface area (Å²) in [5, 5.41) is 2.58. The van der Waals surface area contributed by atoms with Crippen molar-refractivity contribution < 1.29 is 23.9 Å². The van der Waals surface area contributed by atoms with Gasteiger partial charge in [0.2, 0.25) is 5.91 Å². The van der Waals surface area contributed by atoms with Crippen LogP contribution in [0, 0.1) is 11.8 Å². The highest BCUT2D eigenvalue weighted by atomic mass is 16.5. The summed E-state index contributed by atoms with van der Waals surface area (Å²) in [4.78, 5) is 34.4. The molecule has 0 aliphatic rings. The molecule has 0 rings (SSSR count). The van der Waals surface area contributed by atoms with Gasteiger partial charge in [0, 0.05) is 5.92 Å². The fraction of sp³-hybridized carbons (Fsp3) is 0.750. The van der Waals surface area contributed by atoms with Crippen LogP contribution in [0.2, 0.25) is 0 Å². The van der Waals surface area contributed by atoms with Crippen molar-refractivity contribution in [3.63, 3.8) is 0 Å². The molecule has 0 heterocycles. The van der Waals surface area contributed by atoms with Gasteiger partial charge in [0.05, 0.1) is 20.6 Å². The molecular formula is C12H21NO5. The topological polar surface area (TPSA) is 81.7 Å². The Bertz CT molecular complexity index is 314. The summed E-state index contributed by atoms with van der Waals surface area (Å²) in [5.74, 6) is -1.91. The largest absolute Gasteiger partial charge is 0.469 e. The Labute approximate surface area is 107 Å². The van der Waals surface area contributed by atoms with Crippen LogP contribution in [0.3, 0.4) is 0 Å². The molecule has 0 unspecified atom stereocenters. The van der Waals surface area contributed by atoms with E-state index in [0.717, 1.165) is 0 Å². The number of carbonyl (C=O) groups excluding carboxylic acids is 3. The predicted octanol–water partition coefficient (Wildman–Crippen LogP) is 0.499. The van der Waals surface area contributed by atoms with Crippen LogP contribution in [-0.2, 0) is 23.9 Å². The zero-order valence-corrected chi connectivity index (χ0v) is 11.5. The minimum absolute atomic E-state index is 0.0364. The molecule has 2 atom stereocenters. The standard InChI is InChI=1S/C12H21NO5/c1-7(2)11(15)13-10(12(16)18-5)8(3)6-9(14)17-4/h7-8,10H,6H2,1-5H3,(H,13,15)/t8-,10+/m1/s1. The number of nitrogens with one attached hydrogen (secondary N) is 1. The van der Waals surface area contributed by atoms with Gasteiger partial charge in [0.25, 0.3) is 0 Å². The van der Waals surface area contributed by atoms with E-state index < -0.39 is 23.9 Å². The molecule has 0 aliphatic carbocycles. The van der Waals surface area contributed by atoms with Crippen LogP contribution >= 0.6 is 0 Å². The molecule has 0 bridgehead atoms. The average Bonchev–Trinajstić information content (AvgIpc) is 2.33. The van der Waals surface area contributed by atoms with Crippen LogP contribution in [0.15, 0.2) is 0 Å². The lowest BCUT2D eigenvalue weighted by atomic mass is 9.97. The first-order chi connectivity index (χ1) is 8.33. The number of rotatable bonds is 6. The van der Waals surface area contributed by atoms with Crippen molar-refractivity contribution in [3.8, 4) is 0 Å². The molecule has 0 spiro atoms. The fourth-order valence-electron chi connectivity index (χ4n) is 1.34. The minimum Gasteiger partial charge on any atom is -0.469 e. The second kappa shape index (κ2) is 7.68. The Balaban J connectivity index is 4.72. The monoisotopic (exact) mass is 259 g/mol. The van der Waals surface area contributed by atoms with Crippen molar-refractivity contribution in [2.75, 3.05) is 14.2 Å². The molecule has 1 N–H and O–H groups in total. The van der Waals surface area contributed by atoms with Gasteiger partial charge in [-0.05, 0) is 5.92 Å². The number of methoxy groups -OCH3 is 2. The van der Waals surface area contributed by atoms with Gasteiger partial charge < -0.3 is 14.8 Å². The SMILES string of the molecule is COC(=O)C[C@@H](C)[C@H](NC(=O)C(C)C)C(=O)OC. The van der Waals surface area contributed by atoms with Gasteiger partial charge in [0.15, 0.2) is 0 Å². The van der Waals surface area contributed by atoms with Crippen LogP contribution in [0.25, 0.3) is 0 Å². The summed E-state index contributed by atoms with van der Waals surface area (Å²) in [7, 11) is 2.51. The van der Waals surface area contributed by atoms with Gasteiger partial charge in [-0.15, -0.1) is 0 Å². The summed E-state index contributed by atoms with van der Waals surface area (Å²) in [6, 6.07) is -0.844.